The summed E-state index contributed by atoms with van der Waals surface area (Å²) in [6.07, 6.45) is 1.91. The minimum absolute atomic E-state index is 0.124. The fourth-order valence-electron chi connectivity index (χ4n) is 2.72. The van der Waals surface area contributed by atoms with Crippen molar-refractivity contribution in [3.8, 4) is 0 Å². The van der Waals surface area contributed by atoms with Gasteiger partial charge in [0.25, 0.3) is 5.91 Å². The minimum Gasteiger partial charge on any atom is -0.344 e. The van der Waals surface area contributed by atoms with Crippen LogP contribution in [0, 0.1) is 0 Å². The maximum atomic E-state index is 12.3. The lowest BCUT2D eigenvalue weighted by Crippen LogP contribution is -2.19. The Kier molecular flexibility index (Phi) is 4.23. The van der Waals surface area contributed by atoms with Crippen LogP contribution in [0.2, 0.25) is 0 Å². The van der Waals surface area contributed by atoms with Crippen molar-refractivity contribution in [3.05, 3.63) is 69.7 Å². The Hall–Kier alpha value is -2.31. The molecule has 1 amide bonds. The average molecular weight is 412 g/mol. The summed E-state index contributed by atoms with van der Waals surface area (Å²) in [5.41, 5.74) is 2.91. The second kappa shape index (κ2) is 6.54. The van der Waals surface area contributed by atoms with Gasteiger partial charge in [-0.25, -0.2) is 4.99 Å². The van der Waals surface area contributed by atoms with Gasteiger partial charge in [-0.05, 0) is 58.0 Å². The average Bonchev–Trinajstić information content (AvgIpc) is 3.11. The van der Waals surface area contributed by atoms with Crippen LogP contribution < -0.4 is 5.32 Å². The van der Waals surface area contributed by atoms with Crippen LogP contribution >= 0.6 is 27.7 Å². The summed E-state index contributed by atoms with van der Waals surface area (Å²) < 4.78 is 2.97. The number of aryl methyl sites for hydroxylation is 1. The molecule has 4 nitrogen and oxygen atoms in total. The number of benzene rings is 2. The standard InChI is InChI=1S/C19H14BrN3OS/c1-23-13(10-12-6-2-5-9-16(12)23)11-17-18(24)22-19(25-17)21-15-8-4-3-7-14(15)20/h2-11H,1H3,(H,21,22,24). The number of halogens is 1. The highest BCUT2D eigenvalue weighted by atomic mass is 79.9. The molecule has 124 valence electrons. The topological polar surface area (TPSA) is 46.4 Å². The van der Waals surface area contributed by atoms with E-state index in [0.29, 0.717) is 10.1 Å². The third-order valence-electron chi connectivity index (χ3n) is 3.99. The second-order valence-electron chi connectivity index (χ2n) is 5.62. The van der Waals surface area contributed by atoms with E-state index in [2.05, 4.69) is 49.0 Å². The molecule has 2 heterocycles. The van der Waals surface area contributed by atoms with Crippen LogP contribution in [0.4, 0.5) is 5.69 Å². The number of amides is 1. The molecule has 0 radical (unpaired) electrons. The number of hydrogen-bond acceptors (Lipinski definition) is 3. The third-order valence-corrected chi connectivity index (χ3v) is 5.57. The molecule has 1 aliphatic rings. The first kappa shape index (κ1) is 16.2. The van der Waals surface area contributed by atoms with Crippen molar-refractivity contribution in [2.75, 3.05) is 0 Å². The number of thioether (sulfide) groups is 1. The number of nitrogens with zero attached hydrogens (tertiary/aromatic N) is 2. The van der Waals surface area contributed by atoms with E-state index in [1.165, 1.54) is 11.8 Å². The summed E-state index contributed by atoms with van der Waals surface area (Å²) in [7, 11) is 2.00. The van der Waals surface area contributed by atoms with Gasteiger partial charge in [-0.2, -0.15) is 0 Å². The van der Waals surface area contributed by atoms with Crippen LogP contribution in [0.25, 0.3) is 17.0 Å². The van der Waals surface area contributed by atoms with Gasteiger partial charge in [-0.3, -0.25) is 4.79 Å². The third kappa shape index (κ3) is 3.15. The van der Waals surface area contributed by atoms with Crippen molar-refractivity contribution < 1.29 is 4.79 Å². The Morgan fingerprint density at radius 1 is 1.16 bits per heavy atom. The van der Waals surface area contributed by atoms with Crippen LogP contribution in [-0.2, 0) is 11.8 Å². The van der Waals surface area contributed by atoms with Crippen LogP contribution in [0.1, 0.15) is 5.69 Å². The van der Waals surface area contributed by atoms with E-state index in [-0.39, 0.29) is 5.91 Å². The van der Waals surface area contributed by atoms with Crippen molar-refractivity contribution in [2.24, 2.45) is 12.0 Å². The van der Waals surface area contributed by atoms with Crippen LogP contribution in [0.3, 0.4) is 0 Å². The number of aromatic nitrogens is 1. The van der Waals surface area contributed by atoms with Gasteiger partial charge in [0.15, 0.2) is 5.17 Å². The minimum atomic E-state index is -0.124. The van der Waals surface area contributed by atoms with Gasteiger partial charge in [0.05, 0.1) is 10.6 Å². The van der Waals surface area contributed by atoms with Gasteiger partial charge in [0, 0.05) is 28.1 Å². The van der Waals surface area contributed by atoms with Gasteiger partial charge in [-0.1, -0.05) is 30.3 Å². The monoisotopic (exact) mass is 411 g/mol. The number of rotatable bonds is 2. The molecule has 25 heavy (non-hydrogen) atoms. The maximum absolute atomic E-state index is 12.3. The van der Waals surface area contributed by atoms with Crippen LogP contribution in [0.5, 0.6) is 0 Å². The molecule has 1 saturated heterocycles. The number of carbonyl (C=O) groups excluding carboxylic acids is 1. The molecule has 3 aromatic rings. The van der Waals surface area contributed by atoms with E-state index in [1.807, 2.05) is 49.5 Å². The molecule has 0 unspecified atom stereocenters. The molecule has 1 N–H and O–H groups in total. The molecule has 0 atom stereocenters. The summed E-state index contributed by atoms with van der Waals surface area (Å²) >= 11 is 4.82. The van der Waals surface area contributed by atoms with E-state index in [9.17, 15) is 4.79 Å². The summed E-state index contributed by atoms with van der Waals surface area (Å²) in [6, 6.07) is 17.9. The summed E-state index contributed by atoms with van der Waals surface area (Å²) in [4.78, 5) is 17.4. The van der Waals surface area contributed by atoms with Crippen molar-refractivity contribution in [1.82, 2.24) is 9.88 Å². The lowest BCUT2D eigenvalue weighted by Gasteiger charge is -1.99. The van der Waals surface area contributed by atoms with Crippen molar-refractivity contribution in [3.63, 3.8) is 0 Å². The quantitative estimate of drug-likeness (QED) is 0.613. The molecular formula is C19H14BrN3OS. The smallest absolute Gasteiger partial charge is 0.264 e. The zero-order valence-electron chi connectivity index (χ0n) is 13.4. The van der Waals surface area contributed by atoms with Gasteiger partial charge in [0.1, 0.15) is 0 Å². The number of amidine groups is 1. The maximum Gasteiger partial charge on any atom is 0.264 e. The Balaban J connectivity index is 1.67. The normalized spacial score (nSPS) is 17.6. The fraction of sp³-hybridized carbons (Fsp3) is 0.0526. The molecular weight excluding hydrogens is 398 g/mol. The van der Waals surface area contributed by atoms with E-state index in [4.69, 9.17) is 0 Å². The predicted octanol–water partition coefficient (Wildman–Crippen LogP) is 4.83. The molecule has 1 fully saturated rings. The lowest BCUT2D eigenvalue weighted by atomic mass is 10.2. The summed E-state index contributed by atoms with van der Waals surface area (Å²) in [5.74, 6) is -0.124. The number of carbonyl (C=O) groups is 1. The Morgan fingerprint density at radius 2 is 1.92 bits per heavy atom. The molecule has 6 heteroatoms. The van der Waals surface area contributed by atoms with Gasteiger partial charge >= 0.3 is 0 Å². The van der Waals surface area contributed by atoms with E-state index in [0.717, 1.165) is 26.8 Å². The number of hydrogen-bond donors (Lipinski definition) is 1. The van der Waals surface area contributed by atoms with Gasteiger partial charge in [-0.15, -0.1) is 0 Å². The Labute approximate surface area is 157 Å². The molecule has 2 aromatic carbocycles. The molecule has 0 spiro atoms. The fourth-order valence-corrected chi connectivity index (χ4v) is 3.91. The highest BCUT2D eigenvalue weighted by Gasteiger charge is 2.24. The highest BCUT2D eigenvalue weighted by Crippen LogP contribution is 2.31. The number of para-hydroxylation sites is 2. The van der Waals surface area contributed by atoms with Crippen molar-refractivity contribution >= 4 is 61.4 Å². The van der Waals surface area contributed by atoms with Crippen molar-refractivity contribution in [2.45, 2.75) is 0 Å². The second-order valence-corrected chi connectivity index (χ2v) is 7.51. The zero-order chi connectivity index (χ0) is 17.4. The number of aliphatic imine (C=N–C) groups is 1. The lowest BCUT2D eigenvalue weighted by molar-refractivity contribution is -0.115. The van der Waals surface area contributed by atoms with E-state index < -0.39 is 0 Å². The number of nitrogens with one attached hydrogen (secondary N) is 1. The first-order chi connectivity index (χ1) is 12.1. The van der Waals surface area contributed by atoms with E-state index in [1.54, 1.807) is 0 Å². The molecule has 0 bridgehead atoms. The van der Waals surface area contributed by atoms with Crippen molar-refractivity contribution in [1.29, 1.82) is 0 Å². The zero-order valence-corrected chi connectivity index (χ0v) is 15.8. The largest absolute Gasteiger partial charge is 0.344 e. The molecule has 0 saturated carbocycles. The molecule has 4 rings (SSSR count). The molecule has 1 aliphatic heterocycles. The summed E-state index contributed by atoms with van der Waals surface area (Å²) in [5, 5.41) is 4.57. The van der Waals surface area contributed by atoms with Gasteiger partial charge < -0.3 is 9.88 Å². The Morgan fingerprint density at radius 3 is 2.72 bits per heavy atom. The summed E-state index contributed by atoms with van der Waals surface area (Å²) in [6.45, 7) is 0. The van der Waals surface area contributed by atoms with Crippen LogP contribution in [0.15, 0.2) is 69.0 Å². The first-order valence-electron chi connectivity index (χ1n) is 7.70. The first-order valence-corrected chi connectivity index (χ1v) is 9.31. The Bertz CT molecular complexity index is 1050. The van der Waals surface area contributed by atoms with Crippen LogP contribution in [-0.4, -0.2) is 15.6 Å². The molecule has 0 aliphatic carbocycles. The van der Waals surface area contributed by atoms with E-state index >= 15 is 0 Å². The number of fused-ring (bicyclic) bond motifs is 1. The predicted molar refractivity (Wildman–Crippen MR) is 108 cm³/mol. The molecule has 1 aromatic heterocycles. The highest BCUT2D eigenvalue weighted by molar-refractivity contribution is 9.10. The SMILES string of the molecule is Cn1c(C=C2SC(=Nc3ccccc3Br)NC2=O)cc2ccccc21. The van der Waals surface area contributed by atoms with Gasteiger partial charge in [0.2, 0.25) is 0 Å².